The summed E-state index contributed by atoms with van der Waals surface area (Å²) in [5.41, 5.74) is 2.67. The molecule has 0 saturated heterocycles. The van der Waals surface area contributed by atoms with Crippen LogP contribution in [0.4, 0.5) is 4.39 Å². The van der Waals surface area contributed by atoms with E-state index in [1.807, 2.05) is 24.0 Å². The predicted octanol–water partition coefficient (Wildman–Crippen LogP) is 4.09. The molecule has 120 valence electrons. The van der Waals surface area contributed by atoms with Crippen LogP contribution in [0.15, 0.2) is 41.6 Å². The van der Waals surface area contributed by atoms with Crippen molar-refractivity contribution in [1.29, 1.82) is 0 Å². The Morgan fingerprint density at radius 3 is 3.00 bits per heavy atom. The Hall–Kier alpha value is -1.88. The van der Waals surface area contributed by atoms with E-state index in [0.29, 0.717) is 12.1 Å². The quantitative estimate of drug-likeness (QED) is 0.795. The van der Waals surface area contributed by atoms with E-state index in [1.54, 1.807) is 30.1 Å². The fourth-order valence-electron chi connectivity index (χ4n) is 3.00. The van der Waals surface area contributed by atoms with Gasteiger partial charge in [0.05, 0.1) is 11.1 Å². The van der Waals surface area contributed by atoms with Gasteiger partial charge in [0.15, 0.2) is 0 Å². The molecule has 5 heteroatoms. The number of rotatable bonds is 3. The summed E-state index contributed by atoms with van der Waals surface area (Å²) in [4.78, 5) is 18.9. The number of hydrogen-bond donors (Lipinski definition) is 0. The van der Waals surface area contributed by atoms with E-state index in [1.165, 1.54) is 6.07 Å². The number of fused-ring (bicyclic) bond motifs is 1. The standard InChI is InChI=1S/C18H19FN2OS/c1-3-23-17-10-14(6-8-20-17)18(22)21-9-7-13-4-5-15(19)11-16(13)12(21)2/h4-6,8,10-12H,3,7,9H2,1-2H3. The van der Waals surface area contributed by atoms with Gasteiger partial charge in [-0.3, -0.25) is 4.79 Å². The molecule has 3 rings (SSSR count). The average Bonchev–Trinajstić information content (AvgIpc) is 2.56. The van der Waals surface area contributed by atoms with Gasteiger partial charge in [-0.15, -0.1) is 11.8 Å². The predicted molar refractivity (Wildman–Crippen MR) is 90.2 cm³/mol. The second-order valence-electron chi connectivity index (χ2n) is 5.58. The van der Waals surface area contributed by atoms with Gasteiger partial charge < -0.3 is 4.90 Å². The van der Waals surface area contributed by atoms with Crippen molar-refractivity contribution in [3.05, 3.63) is 59.0 Å². The summed E-state index contributed by atoms with van der Waals surface area (Å²) in [5.74, 6) is 0.639. The first kappa shape index (κ1) is 16.0. The van der Waals surface area contributed by atoms with E-state index >= 15 is 0 Å². The summed E-state index contributed by atoms with van der Waals surface area (Å²) in [6, 6.07) is 8.31. The van der Waals surface area contributed by atoms with Gasteiger partial charge in [-0.25, -0.2) is 9.37 Å². The Morgan fingerprint density at radius 2 is 2.22 bits per heavy atom. The number of benzene rings is 1. The van der Waals surface area contributed by atoms with Gasteiger partial charge in [0, 0.05) is 18.3 Å². The lowest BCUT2D eigenvalue weighted by molar-refractivity contribution is 0.0677. The molecule has 2 aromatic rings. The molecule has 1 unspecified atom stereocenters. The Bertz CT molecular complexity index is 735. The molecule has 0 saturated carbocycles. The molecule has 1 aromatic heterocycles. The van der Waals surface area contributed by atoms with Crippen molar-refractivity contribution in [3.8, 4) is 0 Å². The van der Waals surface area contributed by atoms with Crippen LogP contribution in [-0.4, -0.2) is 28.1 Å². The average molecular weight is 330 g/mol. The smallest absolute Gasteiger partial charge is 0.254 e. The first-order chi connectivity index (χ1) is 11.1. The monoisotopic (exact) mass is 330 g/mol. The van der Waals surface area contributed by atoms with Gasteiger partial charge in [0.2, 0.25) is 0 Å². The van der Waals surface area contributed by atoms with E-state index in [4.69, 9.17) is 0 Å². The molecule has 1 aromatic carbocycles. The highest BCUT2D eigenvalue weighted by atomic mass is 32.2. The van der Waals surface area contributed by atoms with Crippen molar-refractivity contribution in [1.82, 2.24) is 9.88 Å². The van der Waals surface area contributed by atoms with Gasteiger partial charge in [-0.2, -0.15) is 0 Å². The third-order valence-electron chi connectivity index (χ3n) is 4.18. The number of thioether (sulfide) groups is 1. The molecule has 0 spiro atoms. The second-order valence-corrected chi connectivity index (χ2v) is 6.87. The number of halogens is 1. The highest BCUT2D eigenvalue weighted by Crippen LogP contribution is 2.31. The van der Waals surface area contributed by atoms with E-state index < -0.39 is 0 Å². The van der Waals surface area contributed by atoms with Crippen molar-refractivity contribution in [2.45, 2.75) is 31.3 Å². The Morgan fingerprint density at radius 1 is 1.39 bits per heavy atom. The van der Waals surface area contributed by atoms with Crippen LogP contribution in [0, 0.1) is 5.82 Å². The molecule has 1 aliphatic heterocycles. The molecule has 2 heterocycles. The zero-order chi connectivity index (χ0) is 16.4. The number of aromatic nitrogens is 1. The van der Waals surface area contributed by atoms with Gasteiger partial charge in [-0.1, -0.05) is 13.0 Å². The normalized spacial score (nSPS) is 17.0. The first-order valence-electron chi connectivity index (χ1n) is 7.78. The van der Waals surface area contributed by atoms with E-state index in [0.717, 1.165) is 28.3 Å². The number of carbonyl (C=O) groups is 1. The first-order valence-corrected chi connectivity index (χ1v) is 8.77. The minimum absolute atomic E-state index is 0.0206. The van der Waals surface area contributed by atoms with Gasteiger partial charge >= 0.3 is 0 Å². The van der Waals surface area contributed by atoms with Crippen molar-refractivity contribution in [2.75, 3.05) is 12.3 Å². The van der Waals surface area contributed by atoms with Crippen LogP contribution < -0.4 is 0 Å². The lowest BCUT2D eigenvalue weighted by atomic mass is 9.93. The molecule has 1 amide bonds. The van der Waals surface area contributed by atoms with Gasteiger partial charge in [0.25, 0.3) is 5.91 Å². The van der Waals surface area contributed by atoms with E-state index in [9.17, 15) is 9.18 Å². The number of hydrogen-bond acceptors (Lipinski definition) is 3. The zero-order valence-electron chi connectivity index (χ0n) is 13.3. The summed E-state index contributed by atoms with van der Waals surface area (Å²) >= 11 is 1.61. The summed E-state index contributed by atoms with van der Waals surface area (Å²) in [7, 11) is 0. The van der Waals surface area contributed by atoms with Crippen LogP contribution >= 0.6 is 11.8 Å². The van der Waals surface area contributed by atoms with Gasteiger partial charge in [-0.05, 0) is 54.5 Å². The maximum Gasteiger partial charge on any atom is 0.254 e. The second kappa shape index (κ2) is 6.71. The van der Waals surface area contributed by atoms with Crippen LogP contribution in [0.3, 0.4) is 0 Å². The molecule has 0 N–H and O–H groups in total. The summed E-state index contributed by atoms with van der Waals surface area (Å²) < 4.78 is 13.5. The summed E-state index contributed by atoms with van der Waals surface area (Å²) in [6.07, 6.45) is 2.43. The number of amides is 1. The Balaban J connectivity index is 1.87. The van der Waals surface area contributed by atoms with Gasteiger partial charge in [0.1, 0.15) is 5.82 Å². The van der Waals surface area contributed by atoms with E-state index in [-0.39, 0.29) is 17.8 Å². The maximum atomic E-state index is 13.5. The Kier molecular flexibility index (Phi) is 4.66. The summed E-state index contributed by atoms with van der Waals surface area (Å²) in [6.45, 7) is 4.66. The van der Waals surface area contributed by atoms with Crippen LogP contribution in [0.2, 0.25) is 0 Å². The third-order valence-corrected chi connectivity index (χ3v) is 4.99. The zero-order valence-corrected chi connectivity index (χ0v) is 14.1. The molecule has 0 radical (unpaired) electrons. The number of carbonyl (C=O) groups excluding carboxylic acids is 1. The number of pyridine rings is 1. The molecule has 1 aliphatic rings. The fourth-order valence-corrected chi connectivity index (χ4v) is 3.64. The van der Waals surface area contributed by atoms with Crippen LogP contribution in [0.1, 0.15) is 41.4 Å². The number of nitrogens with zero attached hydrogens (tertiary/aromatic N) is 2. The van der Waals surface area contributed by atoms with Crippen molar-refractivity contribution in [2.24, 2.45) is 0 Å². The van der Waals surface area contributed by atoms with Crippen LogP contribution in [-0.2, 0) is 6.42 Å². The molecule has 0 fully saturated rings. The van der Waals surface area contributed by atoms with Crippen LogP contribution in [0.25, 0.3) is 0 Å². The molecular formula is C18H19FN2OS. The lowest BCUT2D eigenvalue weighted by Gasteiger charge is -2.35. The minimum Gasteiger partial charge on any atom is -0.332 e. The highest BCUT2D eigenvalue weighted by molar-refractivity contribution is 7.99. The molecule has 3 nitrogen and oxygen atoms in total. The molecule has 1 atom stereocenters. The van der Waals surface area contributed by atoms with Crippen molar-refractivity contribution in [3.63, 3.8) is 0 Å². The molecule has 0 bridgehead atoms. The third kappa shape index (κ3) is 3.24. The van der Waals surface area contributed by atoms with Crippen molar-refractivity contribution < 1.29 is 9.18 Å². The molecule has 23 heavy (non-hydrogen) atoms. The highest BCUT2D eigenvalue weighted by Gasteiger charge is 2.28. The van der Waals surface area contributed by atoms with Crippen molar-refractivity contribution >= 4 is 17.7 Å². The minimum atomic E-state index is -0.254. The topological polar surface area (TPSA) is 33.2 Å². The maximum absolute atomic E-state index is 13.5. The molecular weight excluding hydrogens is 311 g/mol. The SMILES string of the molecule is CCSc1cc(C(=O)N2CCc3ccc(F)cc3C2C)ccn1. The van der Waals surface area contributed by atoms with E-state index in [2.05, 4.69) is 11.9 Å². The summed E-state index contributed by atoms with van der Waals surface area (Å²) in [5, 5.41) is 0.856. The lowest BCUT2D eigenvalue weighted by Crippen LogP contribution is -2.39. The Labute approximate surface area is 139 Å². The molecule has 0 aliphatic carbocycles. The largest absolute Gasteiger partial charge is 0.332 e. The fraction of sp³-hybridized carbons (Fsp3) is 0.333. The van der Waals surface area contributed by atoms with Crippen LogP contribution in [0.5, 0.6) is 0 Å².